The Bertz CT molecular complexity index is 948. The van der Waals surface area contributed by atoms with Crippen LogP contribution in [0, 0.1) is 0 Å². The largest absolute Gasteiger partial charge is 0.545 e. The summed E-state index contributed by atoms with van der Waals surface area (Å²) < 4.78 is 5.45. The minimum atomic E-state index is -1.42. The Hall–Kier alpha value is -2.91. The number of carbonyl (C=O) groups excluding carboxylic acids is 2. The van der Waals surface area contributed by atoms with Crippen molar-refractivity contribution in [1.82, 2.24) is 15.2 Å². The lowest BCUT2D eigenvalue weighted by molar-refractivity contribution is -0.255. The first kappa shape index (κ1) is 17.9. The quantitative estimate of drug-likeness (QED) is 0.634. The number of amides is 1. The lowest BCUT2D eigenvalue weighted by Crippen LogP contribution is -2.23. The molecule has 0 saturated heterocycles. The van der Waals surface area contributed by atoms with Crippen LogP contribution in [0.15, 0.2) is 52.4 Å². The van der Waals surface area contributed by atoms with Gasteiger partial charge >= 0.3 is 0 Å². The third-order valence-corrected chi connectivity index (χ3v) is 4.26. The van der Waals surface area contributed by atoms with Crippen LogP contribution in [0.2, 0.25) is 5.02 Å². The third kappa shape index (κ3) is 4.38. The molecule has 0 aliphatic carbocycles. The highest BCUT2D eigenvalue weighted by Gasteiger charge is 2.12. The average molecular weight is 390 g/mol. The molecule has 0 bridgehead atoms. The number of carbonyl (C=O) groups is 2. The summed E-state index contributed by atoms with van der Waals surface area (Å²) >= 11 is 6.80. The van der Waals surface area contributed by atoms with Crippen molar-refractivity contribution in [2.24, 2.45) is 0 Å². The van der Waals surface area contributed by atoms with E-state index in [4.69, 9.17) is 16.0 Å². The fraction of sp³-hybridized carbons (Fsp3) is 0.0625. The van der Waals surface area contributed by atoms with Crippen LogP contribution in [0.25, 0.3) is 11.5 Å². The number of carboxylic acids is 1. The molecule has 0 radical (unpaired) electrons. The maximum Gasteiger partial charge on any atom is 0.277 e. The second-order valence-electron chi connectivity index (χ2n) is 4.93. The van der Waals surface area contributed by atoms with Gasteiger partial charge in [-0.25, -0.2) is 0 Å². The molecular weight excluding hydrogens is 380 g/mol. The second kappa shape index (κ2) is 7.98. The monoisotopic (exact) mass is 389 g/mol. The zero-order valence-corrected chi connectivity index (χ0v) is 14.6. The van der Waals surface area contributed by atoms with E-state index in [1.54, 1.807) is 24.5 Å². The minimum absolute atomic E-state index is 0.00203. The number of halogens is 1. The molecule has 3 aromatic rings. The number of aromatic nitrogens is 3. The molecule has 0 saturated carbocycles. The molecule has 0 fully saturated rings. The molecule has 26 heavy (non-hydrogen) atoms. The van der Waals surface area contributed by atoms with Gasteiger partial charge in [-0.1, -0.05) is 23.4 Å². The SMILES string of the molecule is O=C(CSc1nnc(-c2cccnc2)o1)Nc1ccc(Cl)c(C(=O)[O-])c1. The highest BCUT2D eigenvalue weighted by atomic mass is 35.5. The van der Waals surface area contributed by atoms with E-state index in [1.165, 1.54) is 18.2 Å². The molecule has 10 heteroatoms. The third-order valence-electron chi connectivity index (χ3n) is 3.11. The molecule has 2 heterocycles. The molecule has 3 rings (SSSR count). The van der Waals surface area contributed by atoms with Gasteiger partial charge in [0.2, 0.25) is 11.8 Å². The first-order valence-corrected chi connectivity index (χ1v) is 8.57. The van der Waals surface area contributed by atoms with Crippen LogP contribution >= 0.6 is 23.4 Å². The van der Waals surface area contributed by atoms with E-state index >= 15 is 0 Å². The van der Waals surface area contributed by atoms with Crippen LogP contribution in [-0.2, 0) is 4.79 Å². The number of pyridine rings is 1. The van der Waals surface area contributed by atoms with E-state index in [1.807, 2.05) is 0 Å². The summed E-state index contributed by atoms with van der Waals surface area (Å²) in [5.41, 5.74) is 0.767. The first-order valence-electron chi connectivity index (χ1n) is 7.20. The fourth-order valence-electron chi connectivity index (χ4n) is 1.96. The Morgan fingerprint density at radius 3 is 2.85 bits per heavy atom. The number of hydrogen-bond donors (Lipinski definition) is 1. The predicted octanol–water partition coefficient (Wildman–Crippen LogP) is 1.88. The number of aromatic carboxylic acids is 1. The number of rotatable bonds is 6. The van der Waals surface area contributed by atoms with Gasteiger partial charge in [0.15, 0.2) is 0 Å². The lowest BCUT2D eigenvalue weighted by Gasteiger charge is -2.09. The maximum atomic E-state index is 12.0. The Labute approximate surface area is 156 Å². The van der Waals surface area contributed by atoms with Crippen LogP contribution in [0.1, 0.15) is 10.4 Å². The number of hydrogen-bond acceptors (Lipinski definition) is 8. The molecule has 0 spiro atoms. The Balaban J connectivity index is 1.59. The van der Waals surface area contributed by atoms with Gasteiger partial charge < -0.3 is 19.6 Å². The summed E-state index contributed by atoms with van der Waals surface area (Å²) in [6.07, 6.45) is 3.21. The van der Waals surface area contributed by atoms with Crippen molar-refractivity contribution in [3.05, 3.63) is 53.3 Å². The summed E-state index contributed by atoms with van der Waals surface area (Å²) in [7, 11) is 0. The number of carboxylic acid groups (broad SMARTS) is 1. The van der Waals surface area contributed by atoms with Crippen LogP contribution < -0.4 is 10.4 Å². The molecule has 0 unspecified atom stereocenters. The molecule has 0 aliphatic heterocycles. The van der Waals surface area contributed by atoms with Crippen molar-refractivity contribution >= 4 is 40.9 Å². The van der Waals surface area contributed by atoms with E-state index < -0.39 is 5.97 Å². The van der Waals surface area contributed by atoms with Gasteiger partial charge in [0, 0.05) is 28.7 Å². The average Bonchev–Trinajstić information content (AvgIpc) is 3.11. The number of nitrogens with one attached hydrogen (secondary N) is 1. The predicted molar refractivity (Wildman–Crippen MR) is 92.7 cm³/mol. The molecule has 1 amide bonds. The second-order valence-corrected chi connectivity index (χ2v) is 6.27. The van der Waals surface area contributed by atoms with Crippen molar-refractivity contribution in [1.29, 1.82) is 0 Å². The molecule has 0 atom stereocenters. The smallest absolute Gasteiger partial charge is 0.277 e. The van der Waals surface area contributed by atoms with Crippen molar-refractivity contribution < 1.29 is 19.1 Å². The lowest BCUT2D eigenvalue weighted by atomic mass is 10.2. The Morgan fingerprint density at radius 1 is 1.27 bits per heavy atom. The van der Waals surface area contributed by atoms with Gasteiger partial charge in [-0.05, 0) is 30.3 Å². The van der Waals surface area contributed by atoms with Crippen LogP contribution in [0.5, 0.6) is 0 Å². The van der Waals surface area contributed by atoms with Gasteiger partial charge in [0.05, 0.1) is 17.3 Å². The molecule has 2 aromatic heterocycles. The Kier molecular flexibility index (Phi) is 5.49. The molecule has 0 aliphatic rings. The first-order chi connectivity index (χ1) is 12.5. The molecule has 1 aromatic carbocycles. The van der Waals surface area contributed by atoms with Crippen LogP contribution in [0.4, 0.5) is 5.69 Å². The van der Waals surface area contributed by atoms with Crippen LogP contribution in [-0.4, -0.2) is 32.8 Å². The van der Waals surface area contributed by atoms with Gasteiger partial charge in [0.1, 0.15) is 0 Å². The van der Waals surface area contributed by atoms with E-state index in [2.05, 4.69) is 20.5 Å². The van der Waals surface area contributed by atoms with Crippen molar-refractivity contribution in [3.8, 4) is 11.5 Å². The molecular formula is C16H10ClN4O4S-. The molecule has 8 nitrogen and oxygen atoms in total. The van der Waals surface area contributed by atoms with E-state index in [0.717, 1.165) is 11.8 Å². The van der Waals surface area contributed by atoms with Crippen LogP contribution in [0.3, 0.4) is 0 Å². The standard InChI is InChI=1S/C16H11ClN4O4S/c17-12-4-3-10(6-11(12)15(23)24)19-13(22)8-26-16-21-20-14(25-16)9-2-1-5-18-7-9/h1-7H,8H2,(H,19,22)(H,23,24)/p-1. The van der Waals surface area contributed by atoms with Crippen molar-refractivity contribution in [2.75, 3.05) is 11.1 Å². The number of anilines is 1. The number of thioether (sulfide) groups is 1. The molecule has 1 N–H and O–H groups in total. The highest BCUT2D eigenvalue weighted by molar-refractivity contribution is 7.99. The summed E-state index contributed by atoms with van der Waals surface area (Å²) in [4.78, 5) is 26.9. The van der Waals surface area contributed by atoms with E-state index in [9.17, 15) is 14.7 Å². The number of benzene rings is 1. The topological polar surface area (TPSA) is 121 Å². The fourth-order valence-corrected chi connectivity index (χ4v) is 2.72. The van der Waals surface area contributed by atoms with Gasteiger partial charge in [-0.15, -0.1) is 10.2 Å². The van der Waals surface area contributed by atoms with Crippen molar-refractivity contribution in [2.45, 2.75) is 5.22 Å². The zero-order chi connectivity index (χ0) is 18.5. The highest BCUT2D eigenvalue weighted by Crippen LogP contribution is 2.23. The van der Waals surface area contributed by atoms with Gasteiger partial charge in [-0.2, -0.15) is 0 Å². The Morgan fingerprint density at radius 2 is 2.12 bits per heavy atom. The molecule has 132 valence electrons. The zero-order valence-electron chi connectivity index (χ0n) is 13.0. The number of nitrogens with zero attached hydrogens (tertiary/aromatic N) is 3. The minimum Gasteiger partial charge on any atom is -0.545 e. The summed E-state index contributed by atoms with van der Waals surface area (Å²) in [5.74, 6) is -1.49. The van der Waals surface area contributed by atoms with Gasteiger partial charge in [0.25, 0.3) is 5.22 Å². The van der Waals surface area contributed by atoms with E-state index in [0.29, 0.717) is 17.1 Å². The summed E-state index contributed by atoms with van der Waals surface area (Å²) in [6.45, 7) is 0. The van der Waals surface area contributed by atoms with E-state index in [-0.39, 0.29) is 27.5 Å². The maximum absolute atomic E-state index is 12.0. The summed E-state index contributed by atoms with van der Waals surface area (Å²) in [5, 5.41) is 21.5. The van der Waals surface area contributed by atoms with Gasteiger partial charge in [-0.3, -0.25) is 9.78 Å². The normalized spacial score (nSPS) is 10.5. The summed E-state index contributed by atoms with van der Waals surface area (Å²) in [6, 6.07) is 7.61. The van der Waals surface area contributed by atoms with Crippen molar-refractivity contribution in [3.63, 3.8) is 0 Å².